The monoisotopic (exact) mass is 443 g/mol. The van der Waals surface area contributed by atoms with Gasteiger partial charge in [0.15, 0.2) is 0 Å². The third kappa shape index (κ3) is 4.47. The first-order chi connectivity index (χ1) is 16.0. The van der Waals surface area contributed by atoms with Crippen molar-refractivity contribution in [3.8, 4) is 5.69 Å². The Bertz CT molecular complexity index is 1330. The van der Waals surface area contributed by atoms with E-state index in [0.717, 1.165) is 5.56 Å². The molecule has 0 unspecified atom stereocenters. The number of para-hydroxylation sites is 1. The fourth-order valence-corrected chi connectivity index (χ4v) is 3.60. The number of fused-ring (bicyclic) bond motifs is 1. The van der Waals surface area contributed by atoms with Crippen molar-refractivity contribution in [1.82, 2.24) is 14.5 Å². The summed E-state index contributed by atoms with van der Waals surface area (Å²) in [5.41, 5.74) is 9.18. The van der Waals surface area contributed by atoms with Crippen molar-refractivity contribution in [1.29, 1.82) is 0 Å². The Morgan fingerprint density at radius 2 is 1.91 bits per heavy atom. The Morgan fingerprint density at radius 3 is 2.58 bits per heavy atom. The van der Waals surface area contributed by atoms with E-state index in [1.54, 1.807) is 22.9 Å². The fourth-order valence-electron chi connectivity index (χ4n) is 3.60. The second-order valence-corrected chi connectivity index (χ2v) is 7.56. The number of nitrogens with zero attached hydrogens (tertiary/aromatic N) is 3. The molecule has 0 amide bonds. The van der Waals surface area contributed by atoms with E-state index < -0.39 is 5.97 Å². The summed E-state index contributed by atoms with van der Waals surface area (Å²) in [5, 5.41) is 3.79. The Labute approximate surface area is 191 Å². The predicted molar refractivity (Wildman–Crippen MR) is 127 cm³/mol. The number of benzene rings is 2. The summed E-state index contributed by atoms with van der Waals surface area (Å²) in [6.07, 6.45) is 2.25. The number of rotatable bonds is 7. The minimum Gasteiger partial charge on any atom is -0.464 e. The molecule has 33 heavy (non-hydrogen) atoms. The number of pyridine rings is 1. The van der Waals surface area contributed by atoms with Crippen molar-refractivity contribution in [2.24, 2.45) is 5.73 Å². The van der Waals surface area contributed by atoms with Crippen molar-refractivity contribution in [2.45, 2.75) is 25.9 Å². The van der Waals surface area contributed by atoms with Gasteiger partial charge in [0.2, 0.25) is 0 Å². The maximum Gasteiger partial charge on any atom is 0.356 e. The van der Waals surface area contributed by atoms with Crippen molar-refractivity contribution in [3.63, 3.8) is 0 Å². The number of carbonyl (C=O) groups excluding carboxylic acids is 1. The molecule has 4 rings (SSSR count). The molecule has 168 valence electrons. The molecule has 2 heterocycles. The third-order valence-corrected chi connectivity index (χ3v) is 5.41. The van der Waals surface area contributed by atoms with Crippen LogP contribution < -0.4 is 16.6 Å². The molecule has 0 aliphatic rings. The number of nitrogens with one attached hydrogen (secondary N) is 1. The zero-order valence-electron chi connectivity index (χ0n) is 18.5. The van der Waals surface area contributed by atoms with Crippen LogP contribution in [0.15, 0.2) is 71.7 Å². The topological polar surface area (TPSA) is 112 Å². The van der Waals surface area contributed by atoms with Crippen LogP contribution in [0, 0.1) is 0 Å². The Balaban J connectivity index is 1.76. The molecule has 3 N–H and O–H groups in total. The number of hydrogen-bond donors (Lipinski definition) is 2. The third-order valence-electron chi connectivity index (χ3n) is 5.41. The van der Waals surface area contributed by atoms with Crippen LogP contribution in [0.5, 0.6) is 0 Å². The molecule has 4 aromatic rings. The summed E-state index contributed by atoms with van der Waals surface area (Å²) in [6.45, 7) is 2.38. The van der Waals surface area contributed by atoms with Gasteiger partial charge >= 0.3 is 5.97 Å². The molecule has 8 nitrogen and oxygen atoms in total. The van der Waals surface area contributed by atoms with E-state index in [4.69, 9.17) is 10.7 Å². The molecule has 2 aromatic heterocycles. The average molecular weight is 444 g/mol. The molecular formula is C25H25N5O3. The molecule has 0 fully saturated rings. The molecule has 1 atom stereocenters. The number of nitrogens with two attached hydrogens (primary N) is 1. The Hall–Kier alpha value is -4.04. The number of aromatic nitrogens is 3. The predicted octanol–water partition coefficient (Wildman–Crippen LogP) is 3.59. The van der Waals surface area contributed by atoms with E-state index in [-0.39, 0.29) is 17.3 Å². The van der Waals surface area contributed by atoms with Gasteiger partial charge in [-0.1, -0.05) is 37.3 Å². The highest BCUT2D eigenvalue weighted by atomic mass is 16.5. The molecule has 0 bridgehead atoms. The van der Waals surface area contributed by atoms with Crippen molar-refractivity contribution in [2.75, 3.05) is 12.4 Å². The van der Waals surface area contributed by atoms with Crippen LogP contribution >= 0.6 is 0 Å². The molecular weight excluding hydrogens is 418 g/mol. The van der Waals surface area contributed by atoms with E-state index >= 15 is 0 Å². The van der Waals surface area contributed by atoms with Crippen LogP contribution in [0.1, 0.15) is 41.3 Å². The molecule has 0 saturated carbocycles. The van der Waals surface area contributed by atoms with Crippen LogP contribution in [0.2, 0.25) is 0 Å². The van der Waals surface area contributed by atoms with Gasteiger partial charge in [-0.05, 0) is 42.3 Å². The van der Waals surface area contributed by atoms with Crippen LogP contribution in [-0.4, -0.2) is 27.6 Å². The SMILES string of the molecule is CC[C@H](N)c1nc2cccc(NCc3ccc(C(=O)OC)nc3)c2c(=O)n1-c1ccccc1. The Kier molecular flexibility index (Phi) is 6.46. The summed E-state index contributed by atoms with van der Waals surface area (Å²) in [5.74, 6) is 0.0399. The number of carbonyl (C=O) groups is 1. The van der Waals surface area contributed by atoms with E-state index in [1.165, 1.54) is 7.11 Å². The van der Waals surface area contributed by atoms with Crippen molar-refractivity contribution >= 4 is 22.6 Å². The van der Waals surface area contributed by atoms with Crippen LogP contribution in [0.25, 0.3) is 16.6 Å². The van der Waals surface area contributed by atoms with Crippen molar-refractivity contribution < 1.29 is 9.53 Å². The van der Waals surface area contributed by atoms with Crippen molar-refractivity contribution in [3.05, 3.63) is 94.3 Å². The fraction of sp³-hybridized carbons (Fsp3) is 0.200. The second-order valence-electron chi connectivity index (χ2n) is 7.56. The van der Waals surface area contributed by atoms with E-state index in [1.807, 2.05) is 55.5 Å². The average Bonchev–Trinajstić information content (AvgIpc) is 2.87. The Morgan fingerprint density at radius 1 is 1.12 bits per heavy atom. The number of esters is 1. The smallest absolute Gasteiger partial charge is 0.356 e. The lowest BCUT2D eigenvalue weighted by Crippen LogP contribution is -2.28. The zero-order chi connectivity index (χ0) is 23.4. The highest BCUT2D eigenvalue weighted by molar-refractivity contribution is 5.91. The lowest BCUT2D eigenvalue weighted by Gasteiger charge is -2.19. The van der Waals surface area contributed by atoms with E-state index in [2.05, 4.69) is 15.0 Å². The lowest BCUT2D eigenvalue weighted by molar-refractivity contribution is 0.0594. The summed E-state index contributed by atoms with van der Waals surface area (Å²) < 4.78 is 6.27. The summed E-state index contributed by atoms with van der Waals surface area (Å²) >= 11 is 0. The molecule has 0 saturated heterocycles. The van der Waals surface area contributed by atoms with Gasteiger partial charge in [-0.25, -0.2) is 14.8 Å². The minimum atomic E-state index is -0.489. The molecule has 0 spiro atoms. The van der Waals surface area contributed by atoms with Gasteiger partial charge in [0.05, 0.1) is 29.7 Å². The summed E-state index contributed by atoms with van der Waals surface area (Å²) in [4.78, 5) is 34.2. The first-order valence-electron chi connectivity index (χ1n) is 10.7. The van der Waals surface area contributed by atoms with Gasteiger partial charge in [-0.15, -0.1) is 0 Å². The lowest BCUT2D eigenvalue weighted by atomic mass is 10.1. The minimum absolute atomic E-state index is 0.188. The number of ether oxygens (including phenoxy) is 1. The molecule has 0 aliphatic carbocycles. The number of methoxy groups -OCH3 is 1. The number of hydrogen-bond acceptors (Lipinski definition) is 7. The summed E-state index contributed by atoms with van der Waals surface area (Å²) in [6, 6.07) is 17.9. The number of anilines is 1. The molecule has 0 aliphatic heterocycles. The largest absolute Gasteiger partial charge is 0.464 e. The zero-order valence-corrected chi connectivity index (χ0v) is 18.5. The summed E-state index contributed by atoms with van der Waals surface area (Å²) in [7, 11) is 1.31. The van der Waals surface area contributed by atoms with Gasteiger partial charge in [0.25, 0.3) is 5.56 Å². The first kappa shape index (κ1) is 22.2. The van der Waals surface area contributed by atoms with E-state index in [0.29, 0.717) is 41.1 Å². The standard InChI is InChI=1S/C25H25N5O3/c1-3-18(26)23-29-20-11-7-10-19(22(20)24(31)30(23)17-8-5-4-6-9-17)27-14-16-12-13-21(28-15-16)25(32)33-2/h4-13,15,18,27H,3,14,26H2,1-2H3/t18-/m0/s1. The molecule has 0 radical (unpaired) electrons. The highest BCUT2D eigenvalue weighted by Crippen LogP contribution is 2.23. The molecule has 2 aromatic carbocycles. The highest BCUT2D eigenvalue weighted by Gasteiger charge is 2.19. The normalized spacial score (nSPS) is 11.8. The van der Waals surface area contributed by atoms with Gasteiger partial charge in [-0.3, -0.25) is 9.36 Å². The van der Waals surface area contributed by atoms with Gasteiger partial charge in [0, 0.05) is 18.4 Å². The maximum atomic E-state index is 13.7. The van der Waals surface area contributed by atoms with Gasteiger partial charge in [-0.2, -0.15) is 0 Å². The van der Waals surface area contributed by atoms with Crippen LogP contribution in [-0.2, 0) is 11.3 Å². The second kappa shape index (κ2) is 9.62. The first-order valence-corrected chi connectivity index (χ1v) is 10.7. The molecule has 8 heteroatoms. The van der Waals surface area contributed by atoms with Gasteiger partial charge in [0.1, 0.15) is 11.5 Å². The van der Waals surface area contributed by atoms with Crippen LogP contribution in [0.3, 0.4) is 0 Å². The van der Waals surface area contributed by atoms with E-state index in [9.17, 15) is 9.59 Å². The van der Waals surface area contributed by atoms with Gasteiger partial charge < -0.3 is 15.8 Å². The quantitative estimate of drug-likeness (QED) is 0.420. The van der Waals surface area contributed by atoms with Crippen LogP contribution in [0.4, 0.5) is 5.69 Å². The maximum absolute atomic E-state index is 13.7.